The lowest BCUT2D eigenvalue weighted by Gasteiger charge is -1.96. The van der Waals surface area contributed by atoms with Crippen LogP contribution < -0.4 is 0 Å². The second kappa shape index (κ2) is 7.10. The van der Waals surface area contributed by atoms with E-state index in [4.69, 9.17) is 16.7 Å². The van der Waals surface area contributed by atoms with Crippen LogP contribution in [0.2, 0.25) is 0 Å². The smallest absolute Gasteiger partial charge is 0.372 e. The van der Waals surface area contributed by atoms with Crippen molar-refractivity contribution in [3.63, 3.8) is 0 Å². The van der Waals surface area contributed by atoms with Gasteiger partial charge in [-0.15, -0.1) is 11.6 Å². The topological polar surface area (TPSA) is 54.4 Å². The second-order valence-corrected chi connectivity index (χ2v) is 2.96. The van der Waals surface area contributed by atoms with Crippen molar-refractivity contribution in [2.75, 3.05) is 5.88 Å². The SMILES string of the molecule is O=C(O)C(=O)CCCCCCCl. The quantitative estimate of drug-likeness (QED) is 0.380. The molecule has 0 aromatic heterocycles. The van der Waals surface area contributed by atoms with Gasteiger partial charge in [0.15, 0.2) is 0 Å². The molecule has 0 radical (unpaired) electrons. The summed E-state index contributed by atoms with van der Waals surface area (Å²) >= 11 is 5.43. The molecule has 0 unspecified atom stereocenters. The molecule has 0 aliphatic rings. The second-order valence-electron chi connectivity index (χ2n) is 2.58. The normalized spacial score (nSPS) is 9.75. The van der Waals surface area contributed by atoms with Gasteiger partial charge in [-0.2, -0.15) is 0 Å². The van der Waals surface area contributed by atoms with Gasteiger partial charge in [0.2, 0.25) is 5.78 Å². The summed E-state index contributed by atoms with van der Waals surface area (Å²) in [5.74, 6) is -1.39. The van der Waals surface area contributed by atoms with Crippen molar-refractivity contribution in [1.29, 1.82) is 0 Å². The van der Waals surface area contributed by atoms with Gasteiger partial charge in [-0.3, -0.25) is 4.79 Å². The van der Waals surface area contributed by atoms with Crippen LogP contribution in [0.4, 0.5) is 0 Å². The summed E-state index contributed by atoms with van der Waals surface area (Å²) in [5, 5.41) is 8.21. The van der Waals surface area contributed by atoms with E-state index in [0.717, 1.165) is 19.3 Å². The number of carbonyl (C=O) groups is 2. The molecule has 3 nitrogen and oxygen atoms in total. The van der Waals surface area contributed by atoms with E-state index < -0.39 is 11.8 Å². The Bertz CT molecular complexity index is 156. The molecule has 70 valence electrons. The minimum absolute atomic E-state index is 0.150. The van der Waals surface area contributed by atoms with Crippen molar-refractivity contribution in [2.45, 2.75) is 32.1 Å². The number of carboxylic acid groups (broad SMARTS) is 1. The third-order valence-corrected chi connectivity index (χ3v) is 1.79. The lowest BCUT2D eigenvalue weighted by molar-refractivity contribution is -0.149. The highest BCUT2D eigenvalue weighted by atomic mass is 35.5. The fourth-order valence-corrected chi connectivity index (χ4v) is 1.03. The van der Waals surface area contributed by atoms with E-state index >= 15 is 0 Å². The number of ketones is 1. The molecule has 0 spiro atoms. The van der Waals surface area contributed by atoms with E-state index in [1.54, 1.807) is 0 Å². The number of carboxylic acids is 1. The number of carbonyl (C=O) groups excluding carboxylic acids is 1. The molecule has 0 rings (SSSR count). The molecule has 1 N–H and O–H groups in total. The zero-order valence-electron chi connectivity index (χ0n) is 6.88. The summed E-state index contributed by atoms with van der Waals surface area (Å²) in [5.41, 5.74) is 0. The highest BCUT2D eigenvalue weighted by Gasteiger charge is 2.09. The minimum Gasteiger partial charge on any atom is -0.476 e. The Labute approximate surface area is 76.7 Å². The van der Waals surface area contributed by atoms with Crippen molar-refractivity contribution < 1.29 is 14.7 Å². The molecule has 0 aliphatic carbocycles. The summed E-state index contributed by atoms with van der Waals surface area (Å²) in [4.78, 5) is 20.6. The van der Waals surface area contributed by atoms with Crippen molar-refractivity contribution >= 4 is 23.4 Å². The van der Waals surface area contributed by atoms with E-state index in [2.05, 4.69) is 0 Å². The maximum atomic E-state index is 10.5. The average Bonchev–Trinajstić information content (AvgIpc) is 2.03. The fourth-order valence-electron chi connectivity index (χ4n) is 0.841. The first-order chi connectivity index (χ1) is 5.68. The van der Waals surface area contributed by atoms with E-state index in [1.165, 1.54) is 0 Å². The Morgan fingerprint density at radius 1 is 1.08 bits per heavy atom. The van der Waals surface area contributed by atoms with Gasteiger partial charge in [0.1, 0.15) is 0 Å². The van der Waals surface area contributed by atoms with Crippen LogP contribution in [0.25, 0.3) is 0 Å². The zero-order chi connectivity index (χ0) is 9.40. The van der Waals surface area contributed by atoms with Gasteiger partial charge in [0, 0.05) is 12.3 Å². The van der Waals surface area contributed by atoms with Crippen LogP contribution in [-0.2, 0) is 9.59 Å². The van der Waals surface area contributed by atoms with Crippen molar-refractivity contribution in [3.05, 3.63) is 0 Å². The van der Waals surface area contributed by atoms with Gasteiger partial charge in [0.25, 0.3) is 0 Å². The standard InChI is InChI=1S/C8H13ClO3/c9-6-4-2-1-3-5-7(10)8(11)12/h1-6H2,(H,11,12). The molecule has 0 bridgehead atoms. The van der Waals surface area contributed by atoms with Crippen molar-refractivity contribution in [2.24, 2.45) is 0 Å². The lowest BCUT2D eigenvalue weighted by atomic mass is 10.1. The molecular weight excluding hydrogens is 180 g/mol. The number of aliphatic carboxylic acids is 1. The Morgan fingerprint density at radius 3 is 2.17 bits per heavy atom. The van der Waals surface area contributed by atoms with Gasteiger partial charge in [-0.05, 0) is 12.8 Å². The molecule has 0 aromatic carbocycles. The Hall–Kier alpha value is -0.570. The monoisotopic (exact) mass is 192 g/mol. The number of unbranched alkanes of at least 4 members (excludes halogenated alkanes) is 3. The average molecular weight is 193 g/mol. The maximum absolute atomic E-state index is 10.5. The predicted octanol–water partition coefficient (Wildman–Crippen LogP) is 1.83. The highest BCUT2D eigenvalue weighted by molar-refractivity contribution is 6.32. The van der Waals surface area contributed by atoms with E-state index in [0.29, 0.717) is 12.3 Å². The van der Waals surface area contributed by atoms with Gasteiger partial charge in [-0.25, -0.2) is 4.79 Å². The summed E-state index contributed by atoms with van der Waals surface area (Å²) in [6.45, 7) is 0. The van der Waals surface area contributed by atoms with Crippen LogP contribution in [0.15, 0.2) is 0 Å². The molecule has 0 aliphatic heterocycles. The first kappa shape index (κ1) is 11.4. The Kier molecular flexibility index (Phi) is 6.76. The van der Waals surface area contributed by atoms with Crippen LogP contribution >= 0.6 is 11.6 Å². The zero-order valence-corrected chi connectivity index (χ0v) is 7.64. The van der Waals surface area contributed by atoms with Crippen LogP contribution in [0.3, 0.4) is 0 Å². The van der Waals surface area contributed by atoms with Crippen molar-refractivity contribution in [3.8, 4) is 0 Å². The van der Waals surface area contributed by atoms with Crippen LogP contribution in [0, 0.1) is 0 Å². The first-order valence-corrected chi connectivity index (χ1v) is 4.54. The predicted molar refractivity (Wildman–Crippen MR) is 46.4 cm³/mol. The number of halogens is 1. The van der Waals surface area contributed by atoms with Crippen LogP contribution in [0.5, 0.6) is 0 Å². The summed E-state index contributed by atoms with van der Waals surface area (Å²) < 4.78 is 0. The molecule has 4 heteroatoms. The van der Waals surface area contributed by atoms with Crippen molar-refractivity contribution in [1.82, 2.24) is 0 Å². The van der Waals surface area contributed by atoms with Crippen LogP contribution in [-0.4, -0.2) is 22.7 Å². The Morgan fingerprint density at radius 2 is 1.67 bits per heavy atom. The third kappa shape index (κ3) is 6.16. The summed E-state index contributed by atoms with van der Waals surface area (Å²) in [7, 11) is 0. The molecule has 0 aromatic rings. The van der Waals surface area contributed by atoms with E-state index in [9.17, 15) is 9.59 Å². The van der Waals surface area contributed by atoms with Gasteiger partial charge < -0.3 is 5.11 Å². The molecule has 0 atom stereocenters. The molecule has 0 saturated heterocycles. The van der Waals surface area contributed by atoms with Crippen LogP contribution in [0.1, 0.15) is 32.1 Å². The molecule has 0 saturated carbocycles. The number of Topliss-reactive ketones (excluding diaryl/α,β-unsaturated/α-hetero) is 1. The lowest BCUT2D eigenvalue weighted by Crippen LogP contribution is -2.11. The molecular formula is C8H13ClO3. The minimum atomic E-state index is -1.33. The number of rotatable bonds is 7. The Balaban J connectivity index is 3.20. The van der Waals surface area contributed by atoms with Gasteiger partial charge >= 0.3 is 5.97 Å². The first-order valence-electron chi connectivity index (χ1n) is 4.00. The molecule has 0 amide bonds. The maximum Gasteiger partial charge on any atom is 0.372 e. The third-order valence-electron chi connectivity index (χ3n) is 1.53. The summed E-state index contributed by atoms with van der Waals surface area (Å²) in [6, 6.07) is 0. The molecule has 0 fully saturated rings. The fraction of sp³-hybridized carbons (Fsp3) is 0.750. The molecule has 0 heterocycles. The highest BCUT2D eigenvalue weighted by Crippen LogP contribution is 2.04. The van der Waals surface area contributed by atoms with Gasteiger partial charge in [0.05, 0.1) is 0 Å². The number of alkyl halides is 1. The largest absolute Gasteiger partial charge is 0.476 e. The van der Waals surface area contributed by atoms with Gasteiger partial charge in [-0.1, -0.05) is 12.8 Å². The molecule has 12 heavy (non-hydrogen) atoms. The van der Waals surface area contributed by atoms with E-state index in [1.807, 2.05) is 0 Å². The number of hydrogen-bond donors (Lipinski definition) is 1. The number of hydrogen-bond acceptors (Lipinski definition) is 2. The summed E-state index contributed by atoms with van der Waals surface area (Å²) in [6.07, 6.45) is 3.59. The van der Waals surface area contributed by atoms with E-state index in [-0.39, 0.29) is 6.42 Å².